The standard InChI is InChI=1S/C12H29N3O/c1-12(11-16-5)13-7-10-15(4)9-6-8-14(2)3/h12-13H,6-11H2,1-5H3. The highest BCUT2D eigenvalue weighted by Crippen LogP contribution is 1.89. The molecule has 0 fully saturated rings. The third-order valence-electron chi connectivity index (χ3n) is 2.55. The van der Waals surface area contributed by atoms with Crippen molar-refractivity contribution in [2.45, 2.75) is 19.4 Å². The summed E-state index contributed by atoms with van der Waals surface area (Å²) in [5.74, 6) is 0. The number of hydrogen-bond acceptors (Lipinski definition) is 4. The molecule has 4 heteroatoms. The molecule has 0 bridgehead atoms. The smallest absolute Gasteiger partial charge is 0.0613 e. The Balaban J connectivity index is 3.32. The lowest BCUT2D eigenvalue weighted by Gasteiger charge is -2.20. The van der Waals surface area contributed by atoms with E-state index in [4.69, 9.17) is 4.74 Å². The molecule has 0 aromatic rings. The molecule has 0 amide bonds. The van der Waals surface area contributed by atoms with Crippen molar-refractivity contribution in [3.05, 3.63) is 0 Å². The summed E-state index contributed by atoms with van der Waals surface area (Å²) >= 11 is 0. The minimum absolute atomic E-state index is 0.445. The average Bonchev–Trinajstić information content (AvgIpc) is 2.17. The van der Waals surface area contributed by atoms with Crippen LogP contribution in [0.4, 0.5) is 0 Å². The van der Waals surface area contributed by atoms with Crippen molar-refractivity contribution in [2.24, 2.45) is 0 Å². The van der Waals surface area contributed by atoms with Gasteiger partial charge in [0.1, 0.15) is 0 Å². The molecule has 0 aliphatic heterocycles. The highest BCUT2D eigenvalue weighted by Gasteiger charge is 2.01. The quantitative estimate of drug-likeness (QED) is 0.592. The molecule has 16 heavy (non-hydrogen) atoms. The summed E-state index contributed by atoms with van der Waals surface area (Å²) in [6.45, 7) is 7.39. The van der Waals surface area contributed by atoms with E-state index in [9.17, 15) is 0 Å². The van der Waals surface area contributed by atoms with E-state index in [1.54, 1.807) is 7.11 Å². The Labute approximate surface area is 101 Å². The lowest BCUT2D eigenvalue weighted by molar-refractivity contribution is 0.170. The van der Waals surface area contributed by atoms with Gasteiger partial charge in [0.2, 0.25) is 0 Å². The van der Waals surface area contributed by atoms with Gasteiger partial charge in [-0.25, -0.2) is 0 Å². The molecule has 0 saturated carbocycles. The van der Waals surface area contributed by atoms with Crippen molar-refractivity contribution in [1.82, 2.24) is 15.1 Å². The molecule has 4 nitrogen and oxygen atoms in total. The molecule has 98 valence electrons. The van der Waals surface area contributed by atoms with Crippen molar-refractivity contribution in [3.8, 4) is 0 Å². The monoisotopic (exact) mass is 231 g/mol. The van der Waals surface area contributed by atoms with Gasteiger partial charge in [-0.2, -0.15) is 0 Å². The normalized spacial score (nSPS) is 13.7. The van der Waals surface area contributed by atoms with E-state index in [0.717, 1.165) is 26.2 Å². The maximum absolute atomic E-state index is 5.07. The van der Waals surface area contributed by atoms with Crippen LogP contribution in [0, 0.1) is 0 Å². The van der Waals surface area contributed by atoms with E-state index in [1.165, 1.54) is 13.0 Å². The minimum atomic E-state index is 0.445. The summed E-state index contributed by atoms with van der Waals surface area (Å²) in [4.78, 5) is 4.60. The Bertz CT molecular complexity index is 153. The van der Waals surface area contributed by atoms with Crippen LogP contribution in [0.25, 0.3) is 0 Å². The van der Waals surface area contributed by atoms with Crippen LogP contribution in [0.5, 0.6) is 0 Å². The summed E-state index contributed by atoms with van der Waals surface area (Å²) in [5, 5.41) is 3.44. The van der Waals surface area contributed by atoms with Crippen molar-refractivity contribution in [2.75, 3.05) is 61.0 Å². The summed E-state index contributed by atoms with van der Waals surface area (Å²) in [6, 6.07) is 0.445. The fourth-order valence-electron chi connectivity index (χ4n) is 1.58. The van der Waals surface area contributed by atoms with Gasteiger partial charge in [0.05, 0.1) is 6.61 Å². The fourth-order valence-corrected chi connectivity index (χ4v) is 1.58. The predicted octanol–water partition coefficient (Wildman–Crippen LogP) is 0.494. The Kier molecular flexibility index (Phi) is 9.92. The summed E-state index contributed by atoms with van der Waals surface area (Å²) < 4.78 is 5.07. The number of hydrogen-bond donors (Lipinski definition) is 1. The Hall–Kier alpha value is -0.160. The molecular formula is C12H29N3O. The number of methoxy groups -OCH3 is 1. The van der Waals surface area contributed by atoms with E-state index >= 15 is 0 Å². The van der Waals surface area contributed by atoms with Crippen LogP contribution >= 0.6 is 0 Å². The number of nitrogens with one attached hydrogen (secondary N) is 1. The lowest BCUT2D eigenvalue weighted by atomic mass is 10.3. The molecule has 0 heterocycles. The van der Waals surface area contributed by atoms with Crippen molar-refractivity contribution in [1.29, 1.82) is 0 Å². The van der Waals surface area contributed by atoms with Crippen LogP contribution in [0.3, 0.4) is 0 Å². The van der Waals surface area contributed by atoms with Gasteiger partial charge in [0.25, 0.3) is 0 Å². The Morgan fingerprint density at radius 3 is 2.38 bits per heavy atom. The fraction of sp³-hybridized carbons (Fsp3) is 1.00. The third-order valence-corrected chi connectivity index (χ3v) is 2.55. The highest BCUT2D eigenvalue weighted by molar-refractivity contribution is 4.61. The van der Waals surface area contributed by atoms with Crippen molar-refractivity contribution < 1.29 is 4.74 Å². The molecule has 1 atom stereocenters. The van der Waals surface area contributed by atoms with E-state index in [0.29, 0.717) is 6.04 Å². The van der Waals surface area contributed by atoms with Gasteiger partial charge in [0.15, 0.2) is 0 Å². The average molecular weight is 231 g/mol. The Morgan fingerprint density at radius 2 is 1.81 bits per heavy atom. The van der Waals surface area contributed by atoms with Gasteiger partial charge in [-0.3, -0.25) is 0 Å². The van der Waals surface area contributed by atoms with Crippen LogP contribution in [-0.2, 0) is 4.74 Å². The van der Waals surface area contributed by atoms with E-state index in [-0.39, 0.29) is 0 Å². The molecule has 0 aromatic heterocycles. The topological polar surface area (TPSA) is 27.7 Å². The molecule has 0 spiro atoms. The molecular weight excluding hydrogens is 202 g/mol. The zero-order valence-electron chi connectivity index (χ0n) is 11.6. The van der Waals surface area contributed by atoms with Gasteiger partial charge in [-0.1, -0.05) is 0 Å². The number of nitrogens with zero attached hydrogens (tertiary/aromatic N) is 2. The Morgan fingerprint density at radius 1 is 1.12 bits per heavy atom. The minimum Gasteiger partial charge on any atom is -0.383 e. The molecule has 0 aliphatic carbocycles. The first kappa shape index (κ1) is 15.8. The molecule has 0 saturated heterocycles. The van der Waals surface area contributed by atoms with Gasteiger partial charge in [-0.05, 0) is 47.6 Å². The number of rotatable bonds is 10. The molecule has 0 rings (SSSR count). The molecule has 1 N–H and O–H groups in total. The van der Waals surface area contributed by atoms with Gasteiger partial charge in [0, 0.05) is 26.2 Å². The zero-order chi connectivity index (χ0) is 12.4. The van der Waals surface area contributed by atoms with E-state index in [2.05, 4.69) is 43.2 Å². The van der Waals surface area contributed by atoms with Crippen molar-refractivity contribution >= 4 is 0 Å². The number of ether oxygens (including phenoxy) is 1. The van der Waals surface area contributed by atoms with Crippen LogP contribution in [0.15, 0.2) is 0 Å². The second kappa shape index (κ2) is 10.0. The molecule has 0 radical (unpaired) electrons. The van der Waals surface area contributed by atoms with Gasteiger partial charge in [-0.15, -0.1) is 0 Å². The summed E-state index contributed by atoms with van der Waals surface area (Å²) in [6.07, 6.45) is 1.23. The first-order valence-electron chi connectivity index (χ1n) is 6.12. The van der Waals surface area contributed by atoms with E-state index in [1.807, 2.05) is 0 Å². The predicted molar refractivity (Wildman–Crippen MR) is 70.0 cm³/mol. The number of likely N-dealkylation sites (N-methyl/N-ethyl adjacent to an activating group) is 1. The molecule has 1 unspecified atom stereocenters. The van der Waals surface area contributed by atoms with Crippen LogP contribution in [0.2, 0.25) is 0 Å². The maximum Gasteiger partial charge on any atom is 0.0613 e. The first-order chi connectivity index (χ1) is 7.56. The van der Waals surface area contributed by atoms with Crippen LogP contribution < -0.4 is 5.32 Å². The maximum atomic E-state index is 5.07. The zero-order valence-corrected chi connectivity index (χ0v) is 11.6. The third kappa shape index (κ3) is 10.4. The second-order valence-corrected chi connectivity index (χ2v) is 4.77. The van der Waals surface area contributed by atoms with Gasteiger partial charge < -0.3 is 19.9 Å². The second-order valence-electron chi connectivity index (χ2n) is 4.77. The first-order valence-corrected chi connectivity index (χ1v) is 6.12. The van der Waals surface area contributed by atoms with Crippen molar-refractivity contribution in [3.63, 3.8) is 0 Å². The van der Waals surface area contributed by atoms with Crippen LogP contribution in [0.1, 0.15) is 13.3 Å². The van der Waals surface area contributed by atoms with Gasteiger partial charge >= 0.3 is 0 Å². The lowest BCUT2D eigenvalue weighted by Crippen LogP contribution is -2.37. The van der Waals surface area contributed by atoms with E-state index < -0.39 is 0 Å². The van der Waals surface area contributed by atoms with Crippen LogP contribution in [-0.4, -0.2) is 76.9 Å². The highest BCUT2D eigenvalue weighted by atomic mass is 16.5. The molecule has 0 aromatic carbocycles. The SMILES string of the molecule is COCC(C)NCCN(C)CCCN(C)C. The largest absolute Gasteiger partial charge is 0.383 e. The summed E-state index contributed by atoms with van der Waals surface area (Å²) in [7, 11) is 8.16. The summed E-state index contributed by atoms with van der Waals surface area (Å²) in [5.41, 5.74) is 0. The molecule has 0 aliphatic rings.